The molecule has 0 atom stereocenters. The maximum Gasteiger partial charge on any atom is 0.344 e. The lowest BCUT2D eigenvalue weighted by molar-refractivity contribution is 0.538. The fraction of sp³-hybridized carbons (Fsp3) is 0.250. The van der Waals surface area contributed by atoms with Crippen molar-refractivity contribution in [2.45, 2.75) is 28.9 Å². The molecule has 5 nitrogen and oxygen atoms in total. The number of rotatable bonds is 3. The SMILES string of the molecule is N#Cc1cc(F)c(Sc2n[nH]c(=O)n2C2CC2)c(F)c1. The minimum absolute atomic E-state index is 0.0493. The zero-order valence-electron chi connectivity index (χ0n) is 10.1. The van der Waals surface area contributed by atoms with Gasteiger partial charge < -0.3 is 0 Å². The molecule has 0 radical (unpaired) electrons. The summed E-state index contributed by atoms with van der Waals surface area (Å²) in [5.41, 5.74) is -0.476. The van der Waals surface area contributed by atoms with Crippen LogP contribution in [0.1, 0.15) is 24.4 Å². The van der Waals surface area contributed by atoms with E-state index in [0.717, 1.165) is 36.7 Å². The second-order valence-electron chi connectivity index (χ2n) is 4.40. The lowest BCUT2D eigenvalue weighted by atomic mass is 10.2. The first-order chi connectivity index (χ1) is 9.60. The molecule has 1 aliphatic carbocycles. The van der Waals surface area contributed by atoms with Crippen LogP contribution in [0.3, 0.4) is 0 Å². The number of nitrogens with zero attached hydrogens (tertiary/aromatic N) is 3. The number of nitrogens with one attached hydrogen (secondary N) is 1. The topological polar surface area (TPSA) is 74.5 Å². The van der Waals surface area contributed by atoms with E-state index in [2.05, 4.69) is 10.2 Å². The summed E-state index contributed by atoms with van der Waals surface area (Å²) < 4.78 is 29.0. The van der Waals surface area contributed by atoms with E-state index in [9.17, 15) is 13.6 Å². The molecule has 0 bridgehead atoms. The number of aromatic nitrogens is 3. The van der Waals surface area contributed by atoms with Crippen LogP contribution in [0.5, 0.6) is 0 Å². The monoisotopic (exact) mass is 294 g/mol. The van der Waals surface area contributed by atoms with Gasteiger partial charge in [0.1, 0.15) is 11.6 Å². The summed E-state index contributed by atoms with van der Waals surface area (Å²) in [4.78, 5) is 11.3. The van der Waals surface area contributed by atoms with Gasteiger partial charge in [-0.05, 0) is 36.7 Å². The predicted octanol–water partition coefficient (Wildman–Crippen LogP) is 2.21. The molecule has 1 saturated carbocycles. The van der Waals surface area contributed by atoms with E-state index in [1.807, 2.05) is 0 Å². The van der Waals surface area contributed by atoms with E-state index < -0.39 is 11.6 Å². The normalized spacial score (nSPS) is 14.2. The van der Waals surface area contributed by atoms with Gasteiger partial charge >= 0.3 is 5.69 Å². The van der Waals surface area contributed by atoms with Gasteiger partial charge in [-0.25, -0.2) is 18.7 Å². The smallest absolute Gasteiger partial charge is 0.267 e. The second kappa shape index (κ2) is 4.76. The molecule has 8 heteroatoms. The third kappa shape index (κ3) is 2.20. The zero-order valence-corrected chi connectivity index (χ0v) is 10.9. The molecular weight excluding hydrogens is 286 g/mol. The molecule has 1 aliphatic rings. The molecule has 0 spiro atoms. The lowest BCUT2D eigenvalue weighted by Gasteiger charge is -2.06. The van der Waals surface area contributed by atoms with Crippen molar-refractivity contribution in [3.8, 4) is 6.07 Å². The highest BCUT2D eigenvalue weighted by molar-refractivity contribution is 7.99. The van der Waals surface area contributed by atoms with Gasteiger partial charge in [0.15, 0.2) is 5.16 Å². The highest BCUT2D eigenvalue weighted by Crippen LogP contribution is 2.38. The molecule has 2 aromatic rings. The number of nitriles is 1. The third-order valence-corrected chi connectivity index (χ3v) is 3.97. The minimum atomic E-state index is -0.843. The predicted molar refractivity (Wildman–Crippen MR) is 66.3 cm³/mol. The first kappa shape index (κ1) is 12.9. The van der Waals surface area contributed by atoms with E-state index in [1.54, 1.807) is 6.07 Å². The number of benzene rings is 1. The maximum atomic E-state index is 13.8. The van der Waals surface area contributed by atoms with E-state index in [4.69, 9.17) is 5.26 Å². The molecule has 102 valence electrons. The largest absolute Gasteiger partial charge is 0.344 e. The van der Waals surface area contributed by atoms with Crippen LogP contribution in [0.4, 0.5) is 8.78 Å². The Morgan fingerprint density at radius 3 is 2.60 bits per heavy atom. The quantitative estimate of drug-likeness (QED) is 0.941. The molecule has 1 fully saturated rings. The number of H-pyrrole nitrogens is 1. The summed E-state index contributed by atoms with van der Waals surface area (Å²) in [6.45, 7) is 0. The van der Waals surface area contributed by atoms with Crippen LogP contribution >= 0.6 is 11.8 Å². The number of hydrogen-bond donors (Lipinski definition) is 1. The molecule has 1 aromatic heterocycles. The summed E-state index contributed by atoms with van der Waals surface area (Å²) in [5.74, 6) is -1.69. The van der Waals surface area contributed by atoms with Crippen LogP contribution in [0.2, 0.25) is 0 Å². The van der Waals surface area contributed by atoms with Gasteiger partial charge in [0.05, 0.1) is 16.5 Å². The van der Waals surface area contributed by atoms with E-state index in [0.29, 0.717) is 0 Å². The molecule has 0 amide bonds. The first-order valence-corrected chi connectivity index (χ1v) is 6.65. The van der Waals surface area contributed by atoms with Crippen molar-refractivity contribution in [3.05, 3.63) is 39.8 Å². The van der Waals surface area contributed by atoms with Gasteiger partial charge in [-0.2, -0.15) is 5.26 Å². The second-order valence-corrected chi connectivity index (χ2v) is 5.37. The van der Waals surface area contributed by atoms with Crippen molar-refractivity contribution in [2.24, 2.45) is 0 Å². The number of halogens is 2. The van der Waals surface area contributed by atoms with E-state index in [1.165, 1.54) is 4.57 Å². The molecule has 20 heavy (non-hydrogen) atoms. The summed E-state index contributed by atoms with van der Waals surface area (Å²) in [5, 5.41) is 14.9. The molecule has 3 rings (SSSR count). The highest BCUT2D eigenvalue weighted by Gasteiger charge is 2.29. The molecule has 0 unspecified atom stereocenters. The lowest BCUT2D eigenvalue weighted by Crippen LogP contribution is -2.16. The minimum Gasteiger partial charge on any atom is -0.267 e. The molecule has 1 aromatic carbocycles. The Labute approximate surface area is 116 Å². The molecule has 1 heterocycles. The van der Waals surface area contributed by atoms with E-state index in [-0.39, 0.29) is 27.3 Å². The average molecular weight is 294 g/mol. The van der Waals surface area contributed by atoms with Gasteiger partial charge in [-0.3, -0.25) is 4.57 Å². The fourth-order valence-corrected chi connectivity index (χ4v) is 2.75. The Bertz CT molecular complexity index is 749. The molecule has 1 N–H and O–H groups in total. The van der Waals surface area contributed by atoms with Crippen LogP contribution in [-0.2, 0) is 0 Å². The Morgan fingerprint density at radius 2 is 2.05 bits per heavy atom. The molecule has 0 aliphatic heterocycles. The van der Waals surface area contributed by atoms with Crippen molar-refractivity contribution in [1.29, 1.82) is 5.26 Å². The van der Waals surface area contributed by atoms with Gasteiger partial charge in [0.2, 0.25) is 0 Å². The van der Waals surface area contributed by atoms with Crippen LogP contribution < -0.4 is 5.69 Å². The van der Waals surface area contributed by atoms with Gasteiger partial charge in [-0.15, -0.1) is 5.10 Å². The number of hydrogen-bond acceptors (Lipinski definition) is 4. The fourth-order valence-electron chi connectivity index (χ4n) is 1.83. The Hall–Kier alpha value is -2.14. The molecular formula is C12H8F2N4OS. The maximum absolute atomic E-state index is 13.8. The summed E-state index contributed by atoms with van der Waals surface area (Å²) in [7, 11) is 0. The standard InChI is InChI=1S/C12H8F2N4OS/c13-8-3-6(5-15)4-9(14)10(8)20-12-17-16-11(19)18(12)7-1-2-7/h3-4,7H,1-2H2,(H,16,19). The zero-order chi connectivity index (χ0) is 14.3. The van der Waals surface area contributed by atoms with Crippen molar-refractivity contribution in [1.82, 2.24) is 14.8 Å². The van der Waals surface area contributed by atoms with E-state index >= 15 is 0 Å². The van der Waals surface area contributed by atoms with Gasteiger partial charge in [0.25, 0.3) is 0 Å². The summed E-state index contributed by atoms with van der Waals surface area (Å²) in [6, 6.07) is 3.64. The molecule has 0 saturated heterocycles. The van der Waals surface area contributed by atoms with Crippen LogP contribution in [0.25, 0.3) is 0 Å². The van der Waals surface area contributed by atoms with Crippen molar-refractivity contribution in [2.75, 3.05) is 0 Å². The Kier molecular flexibility index (Phi) is 3.06. The number of aromatic amines is 1. The highest BCUT2D eigenvalue weighted by atomic mass is 32.2. The third-order valence-electron chi connectivity index (χ3n) is 2.90. The van der Waals surface area contributed by atoms with Crippen molar-refractivity contribution >= 4 is 11.8 Å². The average Bonchev–Trinajstić information content (AvgIpc) is 3.18. The van der Waals surface area contributed by atoms with Gasteiger partial charge in [-0.1, -0.05) is 0 Å². The van der Waals surface area contributed by atoms with Crippen molar-refractivity contribution < 1.29 is 8.78 Å². The van der Waals surface area contributed by atoms with Crippen LogP contribution in [0.15, 0.2) is 27.0 Å². The summed E-state index contributed by atoms with van der Waals surface area (Å²) >= 11 is 0.737. The van der Waals surface area contributed by atoms with Gasteiger partial charge in [0, 0.05) is 6.04 Å². The van der Waals surface area contributed by atoms with Crippen molar-refractivity contribution in [3.63, 3.8) is 0 Å². The summed E-state index contributed by atoms with van der Waals surface area (Å²) in [6.07, 6.45) is 1.71. The Morgan fingerprint density at radius 1 is 1.40 bits per heavy atom. The van der Waals surface area contributed by atoms with Crippen LogP contribution in [-0.4, -0.2) is 14.8 Å². The Balaban J connectivity index is 2.00. The van der Waals surface area contributed by atoms with Crippen LogP contribution in [0, 0.1) is 23.0 Å². The first-order valence-electron chi connectivity index (χ1n) is 5.84.